The lowest BCUT2D eigenvalue weighted by molar-refractivity contribution is 0.0524. The highest BCUT2D eigenvalue weighted by Crippen LogP contribution is 2.30. The number of hydrogen-bond acceptors (Lipinski definition) is 8. The van der Waals surface area contributed by atoms with Crippen molar-refractivity contribution in [2.45, 2.75) is 36.2 Å². The number of aromatic nitrogens is 2. The number of thioether (sulfide) groups is 1. The molecule has 0 bridgehead atoms. The average Bonchev–Trinajstić information content (AvgIpc) is 3.41. The summed E-state index contributed by atoms with van der Waals surface area (Å²) in [4.78, 5) is 17.0. The van der Waals surface area contributed by atoms with Gasteiger partial charge >= 0.3 is 5.97 Å². The average molecular weight is 480 g/mol. The van der Waals surface area contributed by atoms with Crippen LogP contribution in [0.5, 0.6) is 0 Å². The van der Waals surface area contributed by atoms with Crippen molar-refractivity contribution in [2.24, 2.45) is 0 Å². The third-order valence-corrected chi connectivity index (χ3v) is 8.05. The van der Waals surface area contributed by atoms with Gasteiger partial charge in [0.05, 0.1) is 47.8 Å². The van der Waals surface area contributed by atoms with Crippen molar-refractivity contribution in [1.82, 2.24) is 13.9 Å². The highest BCUT2D eigenvalue weighted by molar-refractivity contribution is 7.98. The molecule has 0 aliphatic carbocycles. The molecule has 1 aromatic carbocycles. The molecule has 9 nitrogen and oxygen atoms in total. The number of fused-ring (bicyclic) bond motifs is 1. The Morgan fingerprint density at radius 3 is 2.72 bits per heavy atom. The van der Waals surface area contributed by atoms with E-state index in [2.05, 4.69) is 4.98 Å². The Hall–Kier alpha value is -2.34. The largest absolute Gasteiger partial charge is 0.468 e. The summed E-state index contributed by atoms with van der Waals surface area (Å²) >= 11 is 1.42. The molecule has 32 heavy (non-hydrogen) atoms. The number of imidazole rings is 1. The maximum absolute atomic E-state index is 13.0. The minimum absolute atomic E-state index is 0.222. The van der Waals surface area contributed by atoms with Gasteiger partial charge in [-0.1, -0.05) is 11.8 Å². The monoisotopic (exact) mass is 479 g/mol. The van der Waals surface area contributed by atoms with Crippen molar-refractivity contribution in [3.8, 4) is 0 Å². The molecule has 1 aliphatic heterocycles. The van der Waals surface area contributed by atoms with Crippen LogP contribution in [0.2, 0.25) is 0 Å². The smallest absolute Gasteiger partial charge is 0.341 e. The Labute approximate surface area is 190 Å². The van der Waals surface area contributed by atoms with Crippen LogP contribution >= 0.6 is 11.8 Å². The quantitative estimate of drug-likeness (QED) is 0.359. The minimum atomic E-state index is -3.60. The van der Waals surface area contributed by atoms with Gasteiger partial charge in [0.15, 0.2) is 5.16 Å². The molecule has 0 unspecified atom stereocenters. The van der Waals surface area contributed by atoms with Crippen LogP contribution in [-0.2, 0) is 31.8 Å². The van der Waals surface area contributed by atoms with Crippen LogP contribution in [0.3, 0.4) is 0 Å². The second-order valence-corrected chi connectivity index (χ2v) is 9.95. The summed E-state index contributed by atoms with van der Waals surface area (Å²) in [5, 5.41) is 0.717. The number of ether oxygens (including phenoxy) is 2. The molecule has 11 heteroatoms. The van der Waals surface area contributed by atoms with Crippen molar-refractivity contribution in [1.29, 1.82) is 0 Å². The van der Waals surface area contributed by atoms with Gasteiger partial charge in [-0.15, -0.1) is 0 Å². The maximum atomic E-state index is 13.0. The van der Waals surface area contributed by atoms with Gasteiger partial charge < -0.3 is 18.5 Å². The highest BCUT2D eigenvalue weighted by atomic mass is 32.2. The van der Waals surface area contributed by atoms with E-state index in [9.17, 15) is 13.2 Å². The number of hydrogen-bond donors (Lipinski definition) is 0. The number of benzene rings is 1. The van der Waals surface area contributed by atoms with Gasteiger partial charge in [0.2, 0.25) is 10.0 Å². The molecule has 3 heterocycles. The van der Waals surface area contributed by atoms with Crippen molar-refractivity contribution in [3.63, 3.8) is 0 Å². The summed E-state index contributed by atoms with van der Waals surface area (Å²) in [6.07, 6.45) is 1.47. The van der Waals surface area contributed by atoms with E-state index >= 15 is 0 Å². The number of aryl methyl sites for hydroxylation is 1. The molecule has 1 fully saturated rings. The van der Waals surface area contributed by atoms with Gasteiger partial charge in [0.25, 0.3) is 0 Å². The van der Waals surface area contributed by atoms with Crippen LogP contribution in [-0.4, -0.2) is 61.2 Å². The van der Waals surface area contributed by atoms with Crippen LogP contribution in [0.4, 0.5) is 0 Å². The number of esters is 1. The third kappa shape index (κ3) is 4.42. The molecule has 0 saturated carbocycles. The van der Waals surface area contributed by atoms with Gasteiger partial charge in [-0.2, -0.15) is 4.31 Å². The van der Waals surface area contributed by atoms with Gasteiger partial charge in [-0.25, -0.2) is 18.2 Å². The summed E-state index contributed by atoms with van der Waals surface area (Å²) < 4.78 is 45.3. The SMILES string of the molecule is CCOC(=O)c1ccoc1CSc1nc2cc(S(=O)(=O)N3CCOCC3)ccc2n1CC. The normalized spacial score (nSPS) is 15.3. The standard InChI is InChI=1S/C21H25N3O6S2/c1-3-24-18-6-5-15(32(26,27)23-8-11-28-12-9-23)13-17(18)22-21(24)31-14-19-16(7-10-30-19)20(25)29-4-2/h5-7,10,13H,3-4,8-9,11-12,14H2,1-2H3. The molecule has 1 saturated heterocycles. The van der Waals surface area contributed by atoms with E-state index in [1.807, 2.05) is 11.5 Å². The molecule has 4 rings (SSSR count). The zero-order chi connectivity index (χ0) is 22.7. The second kappa shape index (κ2) is 9.65. The third-order valence-electron chi connectivity index (χ3n) is 5.18. The number of rotatable bonds is 8. The van der Waals surface area contributed by atoms with Crippen molar-refractivity contribution < 1.29 is 27.1 Å². The zero-order valence-electron chi connectivity index (χ0n) is 17.9. The first-order valence-electron chi connectivity index (χ1n) is 10.4. The lowest BCUT2D eigenvalue weighted by atomic mass is 10.3. The minimum Gasteiger partial charge on any atom is -0.468 e. The molecule has 0 amide bonds. The second-order valence-electron chi connectivity index (χ2n) is 7.07. The number of morpholine rings is 1. The van der Waals surface area contributed by atoms with E-state index in [1.165, 1.54) is 22.3 Å². The number of sulfonamides is 1. The topological polar surface area (TPSA) is 104 Å². The molecular formula is C21H25N3O6S2. The Balaban J connectivity index is 1.60. The van der Waals surface area contributed by atoms with E-state index in [0.717, 1.165) is 10.7 Å². The predicted octanol–water partition coefficient (Wildman–Crippen LogP) is 3.14. The van der Waals surface area contributed by atoms with Gasteiger partial charge in [0.1, 0.15) is 11.3 Å². The number of carbonyl (C=O) groups is 1. The number of furan rings is 1. The van der Waals surface area contributed by atoms with E-state index < -0.39 is 16.0 Å². The maximum Gasteiger partial charge on any atom is 0.341 e. The van der Waals surface area contributed by atoms with Crippen LogP contribution in [0.15, 0.2) is 45.0 Å². The highest BCUT2D eigenvalue weighted by Gasteiger charge is 2.27. The van der Waals surface area contributed by atoms with Crippen molar-refractivity contribution >= 4 is 38.8 Å². The van der Waals surface area contributed by atoms with Crippen LogP contribution < -0.4 is 0 Å². The van der Waals surface area contributed by atoms with E-state index in [-0.39, 0.29) is 11.5 Å². The Kier molecular flexibility index (Phi) is 6.89. The Bertz CT molecular complexity index is 1210. The summed E-state index contributed by atoms with van der Waals surface area (Å²) in [6, 6.07) is 6.63. The molecule has 3 aromatic rings. The first-order chi connectivity index (χ1) is 15.5. The first-order valence-corrected chi connectivity index (χ1v) is 12.8. The molecule has 172 valence electrons. The lowest BCUT2D eigenvalue weighted by Crippen LogP contribution is -2.40. The van der Waals surface area contributed by atoms with Crippen LogP contribution in [0, 0.1) is 0 Å². The van der Waals surface area contributed by atoms with Crippen molar-refractivity contribution in [2.75, 3.05) is 32.9 Å². The predicted molar refractivity (Wildman–Crippen MR) is 119 cm³/mol. The van der Waals surface area contributed by atoms with Gasteiger partial charge in [-0.05, 0) is 38.1 Å². The van der Waals surface area contributed by atoms with E-state index in [4.69, 9.17) is 13.9 Å². The first kappa shape index (κ1) is 22.8. The van der Waals surface area contributed by atoms with E-state index in [0.29, 0.717) is 55.4 Å². The molecular weight excluding hydrogens is 454 g/mol. The number of nitrogens with zero attached hydrogens (tertiary/aromatic N) is 3. The fraction of sp³-hybridized carbons (Fsp3) is 0.429. The lowest BCUT2D eigenvalue weighted by Gasteiger charge is -2.26. The van der Waals surface area contributed by atoms with Crippen LogP contribution in [0.25, 0.3) is 11.0 Å². The summed E-state index contributed by atoms with van der Waals surface area (Å²) in [7, 11) is -3.60. The summed E-state index contributed by atoms with van der Waals surface area (Å²) in [5.74, 6) is 0.487. The molecule has 0 atom stereocenters. The molecule has 0 N–H and O–H groups in total. The van der Waals surface area contributed by atoms with Crippen LogP contribution in [0.1, 0.15) is 30.0 Å². The van der Waals surface area contributed by atoms with Gasteiger partial charge in [0, 0.05) is 19.6 Å². The Morgan fingerprint density at radius 1 is 1.22 bits per heavy atom. The zero-order valence-corrected chi connectivity index (χ0v) is 19.6. The number of carbonyl (C=O) groups excluding carboxylic acids is 1. The fourth-order valence-electron chi connectivity index (χ4n) is 3.57. The van der Waals surface area contributed by atoms with Crippen molar-refractivity contribution in [3.05, 3.63) is 41.9 Å². The molecule has 0 radical (unpaired) electrons. The molecule has 2 aromatic heterocycles. The summed E-state index contributed by atoms with van der Waals surface area (Å²) in [5.41, 5.74) is 1.85. The summed E-state index contributed by atoms with van der Waals surface area (Å²) in [6.45, 7) is 6.19. The van der Waals surface area contributed by atoms with E-state index in [1.54, 1.807) is 31.2 Å². The molecule has 1 aliphatic rings. The van der Waals surface area contributed by atoms with Gasteiger partial charge in [-0.3, -0.25) is 0 Å². The Morgan fingerprint density at radius 2 is 2.00 bits per heavy atom. The molecule has 0 spiro atoms. The fourth-order valence-corrected chi connectivity index (χ4v) is 6.03.